The van der Waals surface area contributed by atoms with Crippen LogP contribution in [-0.4, -0.2) is 51.1 Å². The molecule has 1 saturated heterocycles. The second-order valence-corrected chi connectivity index (χ2v) is 8.87. The first-order valence-electron chi connectivity index (χ1n) is 9.34. The molecule has 1 heterocycles. The lowest BCUT2D eigenvalue weighted by molar-refractivity contribution is -0.917. The number of benzene rings is 2. The molecule has 0 bridgehead atoms. The number of sulfonamides is 1. The van der Waals surface area contributed by atoms with Gasteiger partial charge in [0.05, 0.1) is 43.7 Å². The number of hydrogen-bond acceptors (Lipinski definition) is 4. The number of ether oxygens (including phenoxy) is 1. The van der Waals surface area contributed by atoms with E-state index in [1.165, 1.54) is 4.90 Å². The Morgan fingerprint density at radius 3 is 2.43 bits per heavy atom. The first kappa shape index (κ1) is 20.4. The first-order chi connectivity index (χ1) is 13.5. The molecule has 0 saturated carbocycles. The summed E-state index contributed by atoms with van der Waals surface area (Å²) in [5.74, 6) is 0.974. The highest BCUT2D eigenvalue weighted by Crippen LogP contribution is 2.28. The Bertz CT molecular complexity index is 921. The van der Waals surface area contributed by atoms with E-state index in [1.54, 1.807) is 41.8 Å². The zero-order valence-electron chi connectivity index (χ0n) is 16.1. The number of aromatic hydroxyl groups is 1. The SMILES string of the molecule is C=CCc1cc(OC)cc(C[NH+]2CCN(S(=O)(=O)c3ccccc3)CC2)c1O. The largest absolute Gasteiger partial charge is 0.507 e. The predicted molar refractivity (Wildman–Crippen MR) is 108 cm³/mol. The molecule has 0 atom stereocenters. The van der Waals surface area contributed by atoms with Crippen LogP contribution in [0.15, 0.2) is 60.0 Å². The van der Waals surface area contributed by atoms with Gasteiger partial charge in [0.25, 0.3) is 0 Å². The number of nitrogens with zero attached hydrogens (tertiary/aromatic N) is 1. The van der Waals surface area contributed by atoms with Gasteiger partial charge in [-0.3, -0.25) is 0 Å². The second-order valence-electron chi connectivity index (χ2n) is 6.93. The maximum atomic E-state index is 12.8. The second kappa shape index (κ2) is 8.77. The third-order valence-electron chi connectivity index (χ3n) is 5.09. The highest BCUT2D eigenvalue weighted by atomic mass is 32.2. The van der Waals surface area contributed by atoms with Gasteiger partial charge in [-0.15, -0.1) is 6.58 Å². The van der Waals surface area contributed by atoms with Crippen molar-refractivity contribution in [3.63, 3.8) is 0 Å². The van der Waals surface area contributed by atoms with Gasteiger partial charge in [0.1, 0.15) is 18.0 Å². The summed E-state index contributed by atoms with van der Waals surface area (Å²) in [4.78, 5) is 1.56. The smallest absolute Gasteiger partial charge is 0.243 e. The number of phenols is 1. The van der Waals surface area contributed by atoms with Crippen molar-refractivity contribution >= 4 is 10.0 Å². The van der Waals surface area contributed by atoms with Crippen LogP contribution < -0.4 is 9.64 Å². The third-order valence-corrected chi connectivity index (χ3v) is 7.01. The van der Waals surface area contributed by atoms with Crippen LogP contribution in [0.4, 0.5) is 0 Å². The maximum Gasteiger partial charge on any atom is 0.243 e. The van der Waals surface area contributed by atoms with Gasteiger partial charge >= 0.3 is 0 Å². The normalized spacial score (nSPS) is 16.0. The van der Waals surface area contributed by atoms with Crippen LogP contribution in [0.2, 0.25) is 0 Å². The van der Waals surface area contributed by atoms with Gasteiger partial charge in [-0.2, -0.15) is 4.31 Å². The van der Waals surface area contributed by atoms with Crippen molar-refractivity contribution in [2.24, 2.45) is 0 Å². The molecule has 2 aromatic carbocycles. The fraction of sp³-hybridized carbons (Fsp3) is 0.333. The molecule has 6 nitrogen and oxygen atoms in total. The highest BCUT2D eigenvalue weighted by Gasteiger charge is 2.30. The summed E-state index contributed by atoms with van der Waals surface area (Å²) in [5, 5.41) is 10.6. The van der Waals surface area contributed by atoms with Crippen molar-refractivity contribution in [2.75, 3.05) is 33.3 Å². The van der Waals surface area contributed by atoms with Gasteiger partial charge in [0, 0.05) is 5.56 Å². The Labute approximate surface area is 166 Å². The van der Waals surface area contributed by atoms with E-state index in [1.807, 2.05) is 18.2 Å². The minimum Gasteiger partial charge on any atom is -0.507 e. The topological polar surface area (TPSA) is 71.3 Å². The van der Waals surface area contributed by atoms with E-state index in [0.717, 1.165) is 11.1 Å². The Kier molecular flexibility index (Phi) is 6.39. The lowest BCUT2D eigenvalue weighted by atomic mass is 10.0. The van der Waals surface area contributed by atoms with E-state index in [0.29, 0.717) is 49.8 Å². The average Bonchev–Trinajstić information content (AvgIpc) is 2.72. The predicted octanol–water partition coefficient (Wildman–Crippen LogP) is 1.22. The number of methoxy groups -OCH3 is 1. The molecule has 0 radical (unpaired) electrons. The summed E-state index contributed by atoms with van der Waals surface area (Å²) in [7, 11) is -1.85. The zero-order chi connectivity index (χ0) is 20.1. The van der Waals surface area contributed by atoms with Crippen LogP contribution in [0.5, 0.6) is 11.5 Å². The van der Waals surface area contributed by atoms with Crippen LogP contribution in [0.1, 0.15) is 11.1 Å². The Balaban J connectivity index is 1.69. The molecule has 1 aliphatic heterocycles. The van der Waals surface area contributed by atoms with Gasteiger partial charge in [0.2, 0.25) is 10.0 Å². The van der Waals surface area contributed by atoms with E-state index >= 15 is 0 Å². The molecule has 0 unspecified atom stereocenters. The average molecular weight is 404 g/mol. The Hall–Kier alpha value is -2.35. The molecular weight excluding hydrogens is 376 g/mol. The van der Waals surface area contributed by atoms with E-state index in [4.69, 9.17) is 4.74 Å². The molecular formula is C21H27N2O4S+. The third kappa shape index (κ3) is 4.38. The number of quaternary nitrogens is 1. The van der Waals surface area contributed by atoms with Crippen molar-refractivity contribution in [2.45, 2.75) is 17.9 Å². The summed E-state index contributed by atoms with van der Waals surface area (Å²) in [6.07, 6.45) is 2.31. The summed E-state index contributed by atoms with van der Waals surface area (Å²) in [6, 6.07) is 12.2. The summed E-state index contributed by atoms with van der Waals surface area (Å²) >= 11 is 0. The van der Waals surface area contributed by atoms with Gasteiger partial charge in [0.15, 0.2) is 0 Å². The first-order valence-corrected chi connectivity index (χ1v) is 10.8. The van der Waals surface area contributed by atoms with Gasteiger partial charge in [-0.1, -0.05) is 24.3 Å². The van der Waals surface area contributed by atoms with Crippen molar-refractivity contribution in [3.8, 4) is 11.5 Å². The number of piperazine rings is 1. The van der Waals surface area contributed by atoms with Gasteiger partial charge in [-0.05, 0) is 30.7 Å². The van der Waals surface area contributed by atoms with E-state index in [-0.39, 0.29) is 5.75 Å². The maximum absolute atomic E-state index is 12.8. The Morgan fingerprint density at radius 1 is 1.18 bits per heavy atom. The molecule has 3 rings (SSSR count). The number of allylic oxidation sites excluding steroid dienone is 1. The lowest BCUT2D eigenvalue weighted by Gasteiger charge is -2.31. The van der Waals surface area contributed by atoms with Crippen LogP contribution in [0, 0.1) is 0 Å². The van der Waals surface area contributed by atoms with Gasteiger partial charge < -0.3 is 14.7 Å². The quantitative estimate of drug-likeness (QED) is 0.682. The monoisotopic (exact) mass is 403 g/mol. The van der Waals surface area contributed by atoms with E-state index < -0.39 is 10.0 Å². The Morgan fingerprint density at radius 2 is 1.82 bits per heavy atom. The minimum absolute atomic E-state index is 0.271. The summed E-state index contributed by atoms with van der Waals surface area (Å²) < 4.78 is 32.4. The molecule has 0 aromatic heterocycles. The summed E-state index contributed by atoms with van der Waals surface area (Å²) in [6.45, 7) is 6.62. The number of nitrogens with one attached hydrogen (secondary N) is 1. The molecule has 28 heavy (non-hydrogen) atoms. The molecule has 2 aromatic rings. The highest BCUT2D eigenvalue weighted by molar-refractivity contribution is 7.89. The van der Waals surface area contributed by atoms with Crippen molar-refractivity contribution in [3.05, 3.63) is 66.2 Å². The van der Waals surface area contributed by atoms with E-state index in [9.17, 15) is 13.5 Å². The molecule has 2 N–H and O–H groups in total. The van der Waals surface area contributed by atoms with E-state index in [2.05, 4.69) is 6.58 Å². The standard InChI is InChI=1S/C21H26N2O4S/c1-3-7-17-14-19(27-2)15-18(21(17)24)16-22-10-12-23(13-11-22)28(25,26)20-8-5-4-6-9-20/h3-6,8-9,14-15,24H,1,7,10-13,16H2,2H3/p+1. The minimum atomic E-state index is -3.45. The molecule has 150 valence electrons. The fourth-order valence-electron chi connectivity index (χ4n) is 3.52. The summed E-state index contributed by atoms with van der Waals surface area (Å²) in [5.41, 5.74) is 1.60. The number of phenolic OH excluding ortho intramolecular Hbond substituents is 1. The van der Waals surface area contributed by atoms with Crippen molar-refractivity contribution in [1.82, 2.24) is 4.31 Å². The fourth-order valence-corrected chi connectivity index (χ4v) is 4.98. The molecule has 1 fully saturated rings. The molecule has 0 aliphatic carbocycles. The van der Waals surface area contributed by atoms with Crippen molar-refractivity contribution < 1.29 is 23.2 Å². The van der Waals surface area contributed by atoms with Crippen LogP contribution in [-0.2, 0) is 23.0 Å². The molecule has 7 heteroatoms. The number of hydrogen-bond donors (Lipinski definition) is 2. The molecule has 0 spiro atoms. The zero-order valence-corrected chi connectivity index (χ0v) is 16.9. The molecule has 0 amide bonds. The van der Waals surface area contributed by atoms with Crippen LogP contribution >= 0.6 is 0 Å². The lowest BCUT2D eigenvalue weighted by Crippen LogP contribution is -3.13. The van der Waals surface area contributed by atoms with Crippen LogP contribution in [0.3, 0.4) is 0 Å². The number of rotatable bonds is 7. The molecule has 1 aliphatic rings. The van der Waals surface area contributed by atoms with Crippen LogP contribution in [0.25, 0.3) is 0 Å². The van der Waals surface area contributed by atoms with Crippen molar-refractivity contribution in [1.29, 1.82) is 0 Å². The van der Waals surface area contributed by atoms with Gasteiger partial charge in [-0.25, -0.2) is 8.42 Å².